The fraction of sp³-hybridized carbons (Fsp3) is 0.333. The van der Waals surface area contributed by atoms with Crippen LogP contribution in [-0.4, -0.2) is 18.2 Å². The molecule has 0 spiro atoms. The van der Waals surface area contributed by atoms with Gasteiger partial charge in [0.05, 0.1) is 9.21 Å². The van der Waals surface area contributed by atoms with Crippen molar-refractivity contribution in [2.75, 3.05) is 6.54 Å². The lowest BCUT2D eigenvalue weighted by atomic mass is 10.2. The van der Waals surface area contributed by atoms with E-state index in [9.17, 15) is 9.59 Å². The van der Waals surface area contributed by atoms with Crippen molar-refractivity contribution in [2.24, 2.45) is 0 Å². The second-order valence-corrected chi connectivity index (χ2v) is 7.73. The first-order chi connectivity index (χ1) is 10.0. The molecule has 0 saturated carbocycles. The summed E-state index contributed by atoms with van der Waals surface area (Å²) in [5.74, 6) is -0.0485. The first kappa shape index (κ1) is 16.2. The summed E-state index contributed by atoms with van der Waals surface area (Å²) in [7, 11) is 0. The number of ketones is 1. The fourth-order valence-corrected chi connectivity index (χ4v) is 3.76. The van der Waals surface area contributed by atoms with E-state index in [-0.39, 0.29) is 24.5 Å². The highest BCUT2D eigenvalue weighted by Crippen LogP contribution is 2.21. The molecule has 3 nitrogen and oxygen atoms in total. The van der Waals surface area contributed by atoms with Crippen LogP contribution in [0.25, 0.3) is 0 Å². The number of rotatable bonds is 7. The number of hydrogen-bond acceptors (Lipinski definition) is 4. The van der Waals surface area contributed by atoms with Gasteiger partial charge in [-0.1, -0.05) is 11.6 Å². The molecule has 21 heavy (non-hydrogen) atoms. The minimum absolute atomic E-state index is 0.0355. The Kier molecular flexibility index (Phi) is 5.96. The molecule has 2 aromatic rings. The van der Waals surface area contributed by atoms with Gasteiger partial charge < -0.3 is 5.32 Å². The Morgan fingerprint density at radius 1 is 1.14 bits per heavy atom. The molecule has 0 bridgehead atoms. The molecule has 1 N–H and O–H groups in total. The van der Waals surface area contributed by atoms with Crippen molar-refractivity contribution >= 4 is 46.0 Å². The van der Waals surface area contributed by atoms with Crippen LogP contribution in [0.1, 0.15) is 32.3 Å². The molecule has 112 valence electrons. The van der Waals surface area contributed by atoms with Gasteiger partial charge in [-0.2, -0.15) is 0 Å². The van der Waals surface area contributed by atoms with Crippen LogP contribution in [0.4, 0.5) is 0 Å². The van der Waals surface area contributed by atoms with Gasteiger partial charge in [0.1, 0.15) is 0 Å². The van der Waals surface area contributed by atoms with Crippen molar-refractivity contribution in [3.8, 4) is 0 Å². The smallest absolute Gasteiger partial charge is 0.220 e. The number of amides is 1. The number of aryl methyl sites for hydroxylation is 1. The zero-order valence-corrected chi connectivity index (χ0v) is 14.0. The first-order valence-electron chi connectivity index (χ1n) is 6.65. The van der Waals surface area contributed by atoms with Gasteiger partial charge in [-0.25, -0.2) is 0 Å². The summed E-state index contributed by atoms with van der Waals surface area (Å²) in [6, 6.07) is 7.55. The summed E-state index contributed by atoms with van der Waals surface area (Å²) in [5.41, 5.74) is 0. The van der Waals surface area contributed by atoms with Crippen LogP contribution in [0.2, 0.25) is 4.34 Å². The third kappa shape index (κ3) is 5.26. The molecule has 0 unspecified atom stereocenters. The standard InChI is InChI=1S/C15H16ClNO2S2/c1-10-2-5-13(20-10)12(18)4-7-15(19)17-9-8-11-3-6-14(16)21-11/h2-3,5-6H,4,7-9H2,1H3,(H,17,19). The lowest BCUT2D eigenvalue weighted by Crippen LogP contribution is -2.25. The van der Waals surface area contributed by atoms with E-state index in [0.29, 0.717) is 6.54 Å². The Morgan fingerprint density at radius 2 is 1.95 bits per heavy atom. The lowest BCUT2D eigenvalue weighted by Gasteiger charge is -2.03. The maximum absolute atomic E-state index is 11.9. The molecule has 0 radical (unpaired) electrons. The number of carbonyl (C=O) groups excluding carboxylic acids is 2. The number of carbonyl (C=O) groups is 2. The van der Waals surface area contributed by atoms with Crippen LogP contribution in [0, 0.1) is 6.92 Å². The molecule has 0 aliphatic carbocycles. The number of thiophene rings is 2. The van der Waals surface area contributed by atoms with E-state index in [1.54, 1.807) is 0 Å². The van der Waals surface area contributed by atoms with Crippen LogP contribution in [0.3, 0.4) is 0 Å². The van der Waals surface area contributed by atoms with E-state index >= 15 is 0 Å². The number of Topliss-reactive ketones (excluding diaryl/α,β-unsaturated/α-hetero) is 1. The third-order valence-corrected chi connectivity index (χ3v) is 5.25. The topological polar surface area (TPSA) is 46.2 Å². The second-order valence-electron chi connectivity index (χ2n) is 4.64. The number of halogens is 1. The molecule has 2 rings (SSSR count). The largest absolute Gasteiger partial charge is 0.356 e. The highest BCUT2D eigenvalue weighted by atomic mass is 35.5. The highest BCUT2D eigenvalue weighted by molar-refractivity contribution is 7.16. The summed E-state index contributed by atoms with van der Waals surface area (Å²) >= 11 is 8.83. The quantitative estimate of drug-likeness (QED) is 0.771. The van der Waals surface area contributed by atoms with E-state index in [1.165, 1.54) is 22.7 Å². The van der Waals surface area contributed by atoms with Crippen molar-refractivity contribution in [1.82, 2.24) is 5.32 Å². The Bertz CT molecular complexity index is 633. The normalized spacial score (nSPS) is 10.6. The van der Waals surface area contributed by atoms with Crippen LogP contribution >= 0.6 is 34.3 Å². The third-order valence-electron chi connectivity index (χ3n) is 2.92. The van der Waals surface area contributed by atoms with E-state index in [2.05, 4.69) is 5.32 Å². The zero-order chi connectivity index (χ0) is 15.2. The van der Waals surface area contributed by atoms with Crippen LogP contribution in [-0.2, 0) is 11.2 Å². The van der Waals surface area contributed by atoms with Gasteiger partial charge in [0.25, 0.3) is 0 Å². The zero-order valence-electron chi connectivity index (χ0n) is 11.6. The summed E-state index contributed by atoms with van der Waals surface area (Å²) in [6.45, 7) is 2.53. The molecular weight excluding hydrogens is 326 g/mol. The van der Waals surface area contributed by atoms with Crippen molar-refractivity contribution in [1.29, 1.82) is 0 Å². The summed E-state index contributed by atoms with van der Waals surface area (Å²) in [6.07, 6.45) is 1.26. The highest BCUT2D eigenvalue weighted by Gasteiger charge is 2.10. The molecule has 0 aliphatic heterocycles. The fourth-order valence-electron chi connectivity index (χ4n) is 1.83. The van der Waals surface area contributed by atoms with Crippen LogP contribution in [0.5, 0.6) is 0 Å². The minimum Gasteiger partial charge on any atom is -0.356 e. The molecule has 0 fully saturated rings. The van der Waals surface area contributed by atoms with Gasteiger partial charge in [-0.15, -0.1) is 22.7 Å². The van der Waals surface area contributed by atoms with E-state index < -0.39 is 0 Å². The van der Waals surface area contributed by atoms with Crippen molar-refractivity contribution in [3.63, 3.8) is 0 Å². The Labute approximate surface area is 136 Å². The van der Waals surface area contributed by atoms with Crippen LogP contribution in [0.15, 0.2) is 24.3 Å². The van der Waals surface area contributed by atoms with Gasteiger partial charge in [0.15, 0.2) is 5.78 Å². The van der Waals surface area contributed by atoms with E-state index in [0.717, 1.165) is 25.4 Å². The molecule has 6 heteroatoms. The Hall–Kier alpha value is -1.17. The summed E-state index contributed by atoms with van der Waals surface area (Å²) < 4.78 is 0.758. The van der Waals surface area contributed by atoms with Gasteiger partial charge in [-0.05, 0) is 37.6 Å². The first-order valence-corrected chi connectivity index (χ1v) is 8.66. The van der Waals surface area contributed by atoms with Crippen molar-refractivity contribution in [2.45, 2.75) is 26.2 Å². The molecular formula is C15H16ClNO2S2. The monoisotopic (exact) mass is 341 g/mol. The van der Waals surface area contributed by atoms with Gasteiger partial charge in [0, 0.05) is 29.1 Å². The lowest BCUT2D eigenvalue weighted by molar-refractivity contribution is -0.121. The summed E-state index contributed by atoms with van der Waals surface area (Å²) in [5, 5.41) is 2.83. The molecule has 2 heterocycles. The predicted octanol–water partition coefficient (Wildman–Crippen LogP) is 4.09. The van der Waals surface area contributed by atoms with E-state index in [1.807, 2.05) is 31.2 Å². The molecule has 0 saturated heterocycles. The Morgan fingerprint density at radius 3 is 2.57 bits per heavy atom. The molecule has 0 aliphatic rings. The average molecular weight is 342 g/mol. The molecule has 0 atom stereocenters. The Balaban J connectivity index is 1.66. The maximum atomic E-state index is 11.9. The van der Waals surface area contributed by atoms with E-state index in [4.69, 9.17) is 11.6 Å². The van der Waals surface area contributed by atoms with Gasteiger partial charge in [-0.3, -0.25) is 9.59 Å². The average Bonchev–Trinajstić information content (AvgIpc) is 3.05. The maximum Gasteiger partial charge on any atom is 0.220 e. The predicted molar refractivity (Wildman–Crippen MR) is 88.7 cm³/mol. The van der Waals surface area contributed by atoms with Crippen molar-refractivity contribution < 1.29 is 9.59 Å². The molecule has 2 aromatic heterocycles. The molecule has 1 amide bonds. The van der Waals surface area contributed by atoms with Crippen LogP contribution < -0.4 is 5.32 Å². The number of nitrogens with one attached hydrogen (secondary N) is 1. The summed E-state index contributed by atoms with van der Waals surface area (Å²) in [4.78, 5) is 26.6. The number of hydrogen-bond donors (Lipinski definition) is 1. The van der Waals surface area contributed by atoms with Gasteiger partial charge in [0.2, 0.25) is 5.91 Å². The van der Waals surface area contributed by atoms with Gasteiger partial charge >= 0.3 is 0 Å². The minimum atomic E-state index is -0.0840. The second kappa shape index (κ2) is 7.73. The SMILES string of the molecule is Cc1ccc(C(=O)CCC(=O)NCCc2ccc(Cl)s2)s1. The molecule has 0 aromatic carbocycles. The van der Waals surface area contributed by atoms with Crippen molar-refractivity contribution in [3.05, 3.63) is 43.2 Å².